The summed E-state index contributed by atoms with van der Waals surface area (Å²) in [6.07, 6.45) is 0.500. The maximum absolute atomic E-state index is 11.6. The van der Waals surface area contributed by atoms with Crippen LogP contribution in [0.15, 0.2) is 42.5 Å². The number of nitrogens with zero attached hydrogens (tertiary/aromatic N) is 1. The number of carbonyl (C=O) groups excluding carboxylic acids is 1. The third-order valence-corrected chi connectivity index (χ3v) is 3.80. The van der Waals surface area contributed by atoms with Gasteiger partial charge in [0.25, 0.3) is 0 Å². The van der Waals surface area contributed by atoms with E-state index in [4.69, 9.17) is 0 Å². The van der Waals surface area contributed by atoms with Gasteiger partial charge in [-0.15, -0.1) is 0 Å². The number of fused-ring (bicyclic) bond motifs is 1. The molecular formula is C15H14N2O3. The molecule has 0 radical (unpaired) electrons. The number of carbonyl (C=O) groups is 1. The molecule has 20 heavy (non-hydrogen) atoms. The van der Waals surface area contributed by atoms with Crippen LogP contribution < -0.4 is 5.32 Å². The summed E-state index contributed by atoms with van der Waals surface area (Å²) in [6, 6.07) is 12.1. The van der Waals surface area contributed by atoms with Gasteiger partial charge in [-0.2, -0.15) is 0 Å². The van der Waals surface area contributed by atoms with Crippen LogP contribution in [-0.2, 0) is 4.79 Å². The molecule has 0 saturated carbocycles. The second-order valence-corrected chi connectivity index (χ2v) is 5.00. The fourth-order valence-corrected chi connectivity index (χ4v) is 2.82. The largest absolute Gasteiger partial charge is 0.343 e. The molecule has 102 valence electrons. The van der Waals surface area contributed by atoms with E-state index in [1.54, 1.807) is 0 Å². The molecule has 5 nitrogen and oxygen atoms in total. The fraction of sp³-hybridized carbons (Fsp3) is 0.267. The first-order valence-electron chi connectivity index (χ1n) is 6.57. The Bertz CT molecular complexity index is 678. The molecule has 1 N–H and O–H groups in total. The van der Waals surface area contributed by atoms with Gasteiger partial charge in [-0.25, -0.2) is 0 Å². The van der Waals surface area contributed by atoms with Crippen LogP contribution >= 0.6 is 0 Å². The summed E-state index contributed by atoms with van der Waals surface area (Å²) >= 11 is 0. The molecule has 2 atom stereocenters. The number of nitrogens with one attached hydrogen (secondary N) is 1. The molecule has 1 heterocycles. The Morgan fingerprint density at radius 1 is 1.15 bits per heavy atom. The van der Waals surface area contributed by atoms with Crippen molar-refractivity contribution in [2.24, 2.45) is 0 Å². The van der Waals surface area contributed by atoms with Gasteiger partial charge in [-0.1, -0.05) is 42.5 Å². The fourth-order valence-electron chi connectivity index (χ4n) is 2.82. The highest BCUT2D eigenvalue weighted by molar-refractivity contribution is 5.87. The molecule has 0 aliphatic carbocycles. The van der Waals surface area contributed by atoms with Crippen molar-refractivity contribution in [2.45, 2.75) is 24.9 Å². The van der Waals surface area contributed by atoms with E-state index >= 15 is 0 Å². The SMILES string of the molecule is O=C1CC[C@@H]([N+](=O)[O-])[C@H](c2cccc3ccccc23)N1. The van der Waals surface area contributed by atoms with E-state index < -0.39 is 12.1 Å². The molecule has 0 unspecified atom stereocenters. The van der Waals surface area contributed by atoms with Gasteiger partial charge < -0.3 is 5.32 Å². The Balaban J connectivity index is 2.12. The van der Waals surface area contributed by atoms with Crippen molar-refractivity contribution in [3.8, 4) is 0 Å². The lowest BCUT2D eigenvalue weighted by Gasteiger charge is -2.27. The van der Waals surface area contributed by atoms with Crippen molar-refractivity contribution in [2.75, 3.05) is 0 Å². The van der Waals surface area contributed by atoms with Crippen LogP contribution in [0.2, 0.25) is 0 Å². The predicted molar refractivity (Wildman–Crippen MR) is 74.8 cm³/mol. The van der Waals surface area contributed by atoms with Crippen LogP contribution in [-0.4, -0.2) is 16.9 Å². The Morgan fingerprint density at radius 2 is 1.90 bits per heavy atom. The molecule has 2 aromatic carbocycles. The Hall–Kier alpha value is -2.43. The normalized spacial score (nSPS) is 22.5. The first-order valence-corrected chi connectivity index (χ1v) is 6.57. The number of hydrogen-bond donors (Lipinski definition) is 1. The summed E-state index contributed by atoms with van der Waals surface area (Å²) in [5.41, 5.74) is 0.817. The smallest absolute Gasteiger partial charge is 0.237 e. The third kappa shape index (κ3) is 2.11. The van der Waals surface area contributed by atoms with Gasteiger partial charge in [0.2, 0.25) is 11.9 Å². The second-order valence-electron chi connectivity index (χ2n) is 5.00. The standard InChI is InChI=1S/C15H14N2O3/c18-14-9-8-13(17(19)20)15(16-14)12-7-3-5-10-4-1-2-6-11(10)12/h1-7,13,15H,8-9H2,(H,16,18)/t13-,15+/m1/s1. The van der Waals surface area contributed by atoms with Gasteiger partial charge in [-0.05, 0) is 16.3 Å². The van der Waals surface area contributed by atoms with Crippen LogP contribution in [0, 0.1) is 10.1 Å². The Morgan fingerprint density at radius 3 is 2.70 bits per heavy atom. The van der Waals surface area contributed by atoms with E-state index in [2.05, 4.69) is 5.32 Å². The zero-order valence-corrected chi connectivity index (χ0v) is 10.8. The summed E-state index contributed by atoms with van der Waals surface area (Å²) in [6.45, 7) is 0. The average molecular weight is 270 g/mol. The van der Waals surface area contributed by atoms with Crippen LogP contribution in [0.1, 0.15) is 24.4 Å². The average Bonchev–Trinajstić information content (AvgIpc) is 2.46. The topological polar surface area (TPSA) is 72.2 Å². The van der Waals surface area contributed by atoms with Crippen LogP contribution in [0.4, 0.5) is 0 Å². The van der Waals surface area contributed by atoms with Crippen LogP contribution in [0.25, 0.3) is 10.8 Å². The van der Waals surface area contributed by atoms with E-state index in [0.29, 0.717) is 0 Å². The predicted octanol–water partition coefficient (Wildman–Crippen LogP) is 2.44. The van der Waals surface area contributed by atoms with Crippen molar-refractivity contribution in [1.82, 2.24) is 5.32 Å². The lowest BCUT2D eigenvalue weighted by atomic mass is 9.89. The highest BCUT2D eigenvalue weighted by atomic mass is 16.6. The van der Waals surface area contributed by atoms with Crippen LogP contribution in [0.3, 0.4) is 0 Å². The number of hydrogen-bond acceptors (Lipinski definition) is 3. The minimum absolute atomic E-state index is 0.124. The van der Waals surface area contributed by atoms with Crippen LogP contribution in [0.5, 0.6) is 0 Å². The minimum Gasteiger partial charge on any atom is -0.343 e. The molecule has 0 spiro atoms. The molecule has 0 bridgehead atoms. The van der Waals surface area contributed by atoms with Gasteiger partial charge in [-0.3, -0.25) is 14.9 Å². The van der Waals surface area contributed by atoms with Gasteiger partial charge in [0, 0.05) is 17.8 Å². The zero-order valence-electron chi connectivity index (χ0n) is 10.8. The highest BCUT2D eigenvalue weighted by Gasteiger charge is 2.38. The molecule has 1 aliphatic rings. The lowest BCUT2D eigenvalue weighted by molar-refractivity contribution is -0.529. The number of rotatable bonds is 2. The van der Waals surface area contributed by atoms with E-state index in [-0.39, 0.29) is 23.7 Å². The quantitative estimate of drug-likeness (QED) is 0.673. The first-order chi connectivity index (χ1) is 9.66. The molecule has 1 amide bonds. The van der Waals surface area contributed by atoms with Gasteiger partial charge in [0.1, 0.15) is 6.04 Å². The van der Waals surface area contributed by atoms with Gasteiger partial charge >= 0.3 is 0 Å². The zero-order chi connectivity index (χ0) is 14.1. The molecule has 1 aliphatic heterocycles. The van der Waals surface area contributed by atoms with Crippen molar-refractivity contribution >= 4 is 16.7 Å². The third-order valence-electron chi connectivity index (χ3n) is 3.80. The highest BCUT2D eigenvalue weighted by Crippen LogP contribution is 2.31. The monoisotopic (exact) mass is 270 g/mol. The molecular weight excluding hydrogens is 256 g/mol. The maximum Gasteiger partial charge on any atom is 0.237 e. The summed E-state index contributed by atoms with van der Waals surface area (Å²) in [4.78, 5) is 22.6. The number of nitro groups is 1. The van der Waals surface area contributed by atoms with Crippen molar-refractivity contribution < 1.29 is 9.72 Å². The molecule has 1 fully saturated rings. The van der Waals surface area contributed by atoms with Gasteiger partial charge in [0.15, 0.2) is 0 Å². The Kier molecular flexibility index (Phi) is 3.10. The number of benzene rings is 2. The van der Waals surface area contributed by atoms with E-state index in [1.165, 1.54) is 0 Å². The maximum atomic E-state index is 11.6. The summed E-state index contributed by atoms with van der Waals surface area (Å²) < 4.78 is 0. The number of piperidine rings is 1. The molecule has 0 aromatic heterocycles. The van der Waals surface area contributed by atoms with Crippen molar-refractivity contribution in [3.05, 3.63) is 58.1 Å². The number of amides is 1. The Labute approximate surface area is 115 Å². The van der Waals surface area contributed by atoms with Crippen molar-refractivity contribution in [3.63, 3.8) is 0 Å². The lowest BCUT2D eigenvalue weighted by Crippen LogP contribution is -2.45. The summed E-state index contributed by atoms with van der Waals surface area (Å²) in [5.74, 6) is -0.124. The molecule has 3 rings (SSSR count). The minimum atomic E-state index is -0.765. The second kappa shape index (κ2) is 4.92. The van der Waals surface area contributed by atoms with Gasteiger partial charge in [0.05, 0.1) is 0 Å². The van der Waals surface area contributed by atoms with E-state index in [0.717, 1.165) is 16.3 Å². The molecule has 5 heteroatoms. The molecule has 2 aromatic rings. The first kappa shape index (κ1) is 12.6. The summed E-state index contributed by atoms with van der Waals surface area (Å²) in [7, 11) is 0. The van der Waals surface area contributed by atoms with Crippen molar-refractivity contribution in [1.29, 1.82) is 0 Å². The van der Waals surface area contributed by atoms with E-state index in [1.807, 2.05) is 42.5 Å². The van der Waals surface area contributed by atoms with E-state index in [9.17, 15) is 14.9 Å². The summed E-state index contributed by atoms with van der Waals surface area (Å²) in [5, 5.41) is 16.0. The molecule has 1 saturated heterocycles.